The van der Waals surface area contributed by atoms with Crippen LogP contribution >= 0.6 is 27.3 Å². The number of aromatic nitrogens is 1. The van der Waals surface area contributed by atoms with Crippen molar-refractivity contribution in [3.63, 3.8) is 0 Å². The summed E-state index contributed by atoms with van der Waals surface area (Å²) in [5.41, 5.74) is 1.27. The third kappa shape index (κ3) is 3.14. The molecule has 0 saturated carbocycles. The maximum Gasteiger partial charge on any atom is 0.0305 e. The molecule has 0 spiro atoms. The van der Waals surface area contributed by atoms with Crippen LogP contribution in [0.3, 0.4) is 0 Å². The number of nitrogens with zero attached hydrogens (tertiary/aromatic N) is 1. The first-order valence-electron chi connectivity index (χ1n) is 5.12. The van der Waals surface area contributed by atoms with Gasteiger partial charge in [-0.1, -0.05) is 0 Å². The maximum atomic E-state index is 4.02. The molecule has 1 unspecified atom stereocenters. The standard InChI is InChI=1S/C12H13BrN2S/c1-9(10-2-4-14-5-3-10)15-7-12-6-11(13)8-16-12/h2-6,8-9,15H,7H2,1H3. The molecule has 2 heterocycles. The number of hydrogen-bond donors (Lipinski definition) is 1. The van der Waals surface area contributed by atoms with Crippen molar-refractivity contribution in [2.75, 3.05) is 0 Å². The second-order valence-electron chi connectivity index (χ2n) is 3.61. The average Bonchev–Trinajstić information content (AvgIpc) is 2.73. The molecule has 0 fully saturated rings. The van der Waals surface area contributed by atoms with Crippen LogP contribution in [0.15, 0.2) is 40.4 Å². The fraction of sp³-hybridized carbons (Fsp3) is 0.250. The number of halogens is 1. The van der Waals surface area contributed by atoms with Crippen LogP contribution in [0.2, 0.25) is 0 Å². The van der Waals surface area contributed by atoms with Crippen molar-refractivity contribution < 1.29 is 0 Å². The lowest BCUT2D eigenvalue weighted by Crippen LogP contribution is -2.17. The average molecular weight is 297 g/mol. The van der Waals surface area contributed by atoms with Crippen LogP contribution in [0.25, 0.3) is 0 Å². The molecule has 16 heavy (non-hydrogen) atoms. The maximum absolute atomic E-state index is 4.02. The highest BCUT2D eigenvalue weighted by molar-refractivity contribution is 9.10. The Morgan fingerprint density at radius 2 is 2.19 bits per heavy atom. The molecule has 0 radical (unpaired) electrons. The highest BCUT2D eigenvalue weighted by Crippen LogP contribution is 2.20. The van der Waals surface area contributed by atoms with E-state index < -0.39 is 0 Å². The summed E-state index contributed by atoms with van der Waals surface area (Å²) in [5, 5.41) is 5.60. The zero-order valence-corrected chi connectivity index (χ0v) is 11.4. The summed E-state index contributed by atoms with van der Waals surface area (Å²) in [4.78, 5) is 5.36. The van der Waals surface area contributed by atoms with Gasteiger partial charge in [-0.05, 0) is 46.6 Å². The summed E-state index contributed by atoms with van der Waals surface area (Å²) < 4.78 is 1.16. The summed E-state index contributed by atoms with van der Waals surface area (Å²) in [6, 6.07) is 6.59. The molecule has 0 aliphatic rings. The molecule has 2 aromatic heterocycles. The van der Waals surface area contributed by atoms with Gasteiger partial charge in [0.15, 0.2) is 0 Å². The quantitative estimate of drug-likeness (QED) is 0.929. The number of hydrogen-bond acceptors (Lipinski definition) is 3. The molecule has 0 amide bonds. The van der Waals surface area contributed by atoms with E-state index in [2.05, 4.69) is 44.6 Å². The van der Waals surface area contributed by atoms with Gasteiger partial charge in [0, 0.05) is 39.7 Å². The highest BCUT2D eigenvalue weighted by Gasteiger charge is 2.04. The lowest BCUT2D eigenvalue weighted by molar-refractivity contribution is 0.578. The number of nitrogens with one attached hydrogen (secondary N) is 1. The van der Waals surface area contributed by atoms with Gasteiger partial charge in [-0.2, -0.15) is 0 Å². The Hall–Kier alpha value is -0.710. The number of pyridine rings is 1. The summed E-state index contributed by atoms with van der Waals surface area (Å²) in [5.74, 6) is 0. The summed E-state index contributed by atoms with van der Waals surface area (Å²) in [7, 11) is 0. The summed E-state index contributed by atoms with van der Waals surface area (Å²) >= 11 is 5.22. The van der Waals surface area contributed by atoms with Crippen molar-refractivity contribution in [3.8, 4) is 0 Å². The monoisotopic (exact) mass is 296 g/mol. The van der Waals surface area contributed by atoms with Crippen molar-refractivity contribution in [2.24, 2.45) is 0 Å². The van der Waals surface area contributed by atoms with Gasteiger partial charge in [-0.25, -0.2) is 0 Å². The Morgan fingerprint density at radius 1 is 1.44 bits per heavy atom. The number of thiophene rings is 1. The molecule has 0 saturated heterocycles. The van der Waals surface area contributed by atoms with E-state index in [0.29, 0.717) is 6.04 Å². The van der Waals surface area contributed by atoms with E-state index in [1.165, 1.54) is 10.4 Å². The lowest BCUT2D eigenvalue weighted by atomic mass is 10.1. The van der Waals surface area contributed by atoms with Crippen LogP contribution in [0.5, 0.6) is 0 Å². The lowest BCUT2D eigenvalue weighted by Gasteiger charge is -2.12. The third-order valence-corrected chi connectivity index (χ3v) is 4.11. The van der Waals surface area contributed by atoms with Crippen LogP contribution < -0.4 is 5.32 Å². The molecular weight excluding hydrogens is 284 g/mol. The molecule has 1 N–H and O–H groups in total. The van der Waals surface area contributed by atoms with Crippen LogP contribution in [-0.2, 0) is 6.54 Å². The highest BCUT2D eigenvalue weighted by atomic mass is 79.9. The molecule has 2 rings (SSSR count). The van der Waals surface area contributed by atoms with Gasteiger partial charge in [0.25, 0.3) is 0 Å². The van der Waals surface area contributed by atoms with Crippen LogP contribution in [0.4, 0.5) is 0 Å². The molecule has 4 heteroatoms. The van der Waals surface area contributed by atoms with E-state index in [0.717, 1.165) is 11.0 Å². The second kappa shape index (κ2) is 5.57. The second-order valence-corrected chi connectivity index (χ2v) is 5.53. The van der Waals surface area contributed by atoms with Gasteiger partial charge < -0.3 is 5.32 Å². The van der Waals surface area contributed by atoms with Gasteiger partial charge in [-0.3, -0.25) is 4.98 Å². The van der Waals surface area contributed by atoms with Gasteiger partial charge in [0.2, 0.25) is 0 Å². The van der Waals surface area contributed by atoms with Crippen molar-refractivity contribution in [3.05, 3.63) is 50.9 Å². The molecule has 2 nitrogen and oxygen atoms in total. The first kappa shape index (κ1) is 11.8. The van der Waals surface area contributed by atoms with Gasteiger partial charge >= 0.3 is 0 Å². The van der Waals surface area contributed by atoms with Gasteiger partial charge in [0.1, 0.15) is 0 Å². The first-order valence-corrected chi connectivity index (χ1v) is 6.79. The van der Waals surface area contributed by atoms with Crippen LogP contribution in [-0.4, -0.2) is 4.98 Å². The van der Waals surface area contributed by atoms with E-state index in [1.54, 1.807) is 11.3 Å². The Bertz CT molecular complexity index is 441. The predicted molar refractivity (Wildman–Crippen MR) is 71.5 cm³/mol. The Balaban J connectivity index is 1.91. The summed E-state index contributed by atoms with van der Waals surface area (Å²) in [6.07, 6.45) is 3.66. The Morgan fingerprint density at radius 3 is 2.81 bits per heavy atom. The fourth-order valence-corrected chi connectivity index (χ4v) is 2.87. The first-order chi connectivity index (χ1) is 7.75. The molecule has 2 aromatic rings. The van der Waals surface area contributed by atoms with E-state index in [9.17, 15) is 0 Å². The Kier molecular flexibility index (Phi) is 4.09. The van der Waals surface area contributed by atoms with Crippen molar-refractivity contribution >= 4 is 27.3 Å². The van der Waals surface area contributed by atoms with Gasteiger partial charge in [-0.15, -0.1) is 11.3 Å². The van der Waals surface area contributed by atoms with E-state index in [-0.39, 0.29) is 0 Å². The molecule has 0 aromatic carbocycles. The van der Waals surface area contributed by atoms with Crippen LogP contribution in [0, 0.1) is 0 Å². The van der Waals surface area contributed by atoms with Crippen LogP contribution in [0.1, 0.15) is 23.4 Å². The van der Waals surface area contributed by atoms with Crippen molar-refractivity contribution in [2.45, 2.75) is 19.5 Å². The fourth-order valence-electron chi connectivity index (χ4n) is 1.47. The topological polar surface area (TPSA) is 24.9 Å². The van der Waals surface area contributed by atoms with Crippen molar-refractivity contribution in [1.29, 1.82) is 0 Å². The smallest absolute Gasteiger partial charge is 0.0305 e. The zero-order valence-electron chi connectivity index (χ0n) is 8.98. The molecule has 84 valence electrons. The minimum Gasteiger partial charge on any atom is -0.305 e. The van der Waals surface area contributed by atoms with E-state index in [1.807, 2.05) is 24.5 Å². The minimum absolute atomic E-state index is 0.351. The SMILES string of the molecule is CC(NCc1cc(Br)cs1)c1ccncc1. The van der Waals surface area contributed by atoms with Gasteiger partial charge in [0.05, 0.1) is 0 Å². The molecular formula is C12H13BrN2S. The molecule has 1 atom stereocenters. The zero-order chi connectivity index (χ0) is 11.4. The largest absolute Gasteiger partial charge is 0.305 e. The van der Waals surface area contributed by atoms with E-state index in [4.69, 9.17) is 0 Å². The predicted octanol–water partition coefficient (Wildman–Crippen LogP) is 3.76. The van der Waals surface area contributed by atoms with Crippen molar-refractivity contribution in [1.82, 2.24) is 10.3 Å². The molecule has 0 aliphatic carbocycles. The molecule has 0 bridgehead atoms. The number of rotatable bonds is 4. The minimum atomic E-state index is 0.351. The normalized spacial score (nSPS) is 12.6. The summed E-state index contributed by atoms with van der Waals surface area (Å²) in [6.45, 7) is 3.07. The Labute approximate surface area is 108 Å². The molecule has 0 aliphatic heterocycles. The van der Waals surface area contributed by atoms with E-state index >= 15 is 0 Å². The third-order valence-electron chi connectivity index (χ3n) is 2.41.